The van der Waals surface area contributed by atoms with Crippen LogP contribution in [0.2, 0.25) is 0 Å². The first-order valence-electron chi connectivity index (χ1n) is 7.74. The fraction of sp³-hybridized carbons (Fsp3) is 0.812. The minimum atomic E-state index is 0.0242. The summed E-state index contributed by atoms with van der Waals surface area (Å²) in [7, 11) is 0. The van der Waals surface area contributed by atoms with Gasteiger partial charge >= 0.3 is 0 Å². The number of nitrogens with one attached hydrogen (secondary N) is 1. The molecule has 18 heavy (non-hydrogen) atoms. The Morgan fingerprint density at radius 3 is 1.78 bits per heavy atom. The van der Waals surface area contributed by atoms with E-state index in [2.05, 4.69) is 11.9 Å². The normalized spacial score (nSPS) is 22.9. The van der Waals surface area contributed by atoms with Crippen molar-refractivity contribution in [1.29, 1.82) is 0 Å². The summed E-state index contributed by atoms with van der Waals surface area (Å²) in [6.45, 7) is 3.59. The van der Waals surface area contributed by atoms with E-state index in [4.69, 9.17) is 0 Å². The lowest BCUT2D eigenvalue weighted by molar-refractivity contribution is -0.118. The van der Waals surface area contributed by atoms with Crippen molar-refractivity contribution in [2.24, 2.45) is 11.8 Å². The summed E-state index contributed by atoms with van der Waals surface area (Å²) in [5, 5.41) is 3.25. The smallest absolute Gasteiger partial charge is 0.243 e. The summed E-state index contributed by atoms with van der Waals surface area (Å²) in [6.07, 6.45) is 14.8. The molecule has 2 nitrogen and oxygen atoms in total. The van der Waals surface area contributed by atoms with Gasteiger partial charge < -0.3 is 5.32 Å². The van der Waals surface area contributed by atoms with Crippen molar-refractivity contribution in [2.75, 3.05) is 0 Å². The van der Waals surface area contributed by atoms with E-state index in [1.165, 1.54) is 70.3 Å². The third kappa shape index (κ3) is 3.60. The van der Waals surface area contributed by atoms with Gasteiger partial charge in [-0.15, -0.1) is 0 Å². The SMILES string of the molecule is C=CC(=O)NC(C1CCCCC1)C1CCCCC1. The van der Waals surface area contributed by atoms with Gasteiger partial charge in [-0.05, 0) is 43.6 Å². The molecule has 0 spiro atoms. The standard InChI is InChI=1S/C16H27NO/c1-2-15(18)17-16(13-9-5-3-6-10-13)14-11-7-4-8-12-14/h2,13-14,16H,1,3-12H2,(H,17,18). The lowest BCUT2D eigenvalue weighted by Crippen LogP contribution is -2.46. The Balaban J connectivity index is 1.99. The monoisotopic (exact) mass is 249 g/mol. The minimum absolute atomic E-state index is 0.0242. The first kappa shape index (κ1) is 13.6. The summed E-state index contributed by atoms with van der Waals surface area (Å²) in [5.74, 6) is 1.45. The number of amides is 1. The molecule has 0 aromatic rings. The maximum absolute atomic E-state index is 11.7. The van der Waals surface area contributed by atoms with Gasteiger partial charge in [0.2, 0.25) is 5.91 Å². The van der Waals surface area contributed by atoms with Crippen LogP contribution in [-0.4, -0.2) is 11.9 Å². The van der Waals surface area contributed by atoms with E-state index in [1.54, 1.807) is 0 Å². The maximum Gasteiger partial charge on any atom is 0.243 e. The Kier molecular flexibility index (Phi) is 5.27. The number of rotatable bonds is 4. The Morgan fingerprint density at radius 1 is 0.944 bits per heavy atom. The fourth-order valence-corrected chi connectivity index (χ4v) is 3.83. The summed E-state index contributed by atoms with van der Waals surface area (Å²) < 4.78 is 0. The van der Waals surface area contributed by atoms with Crippen LogP contribution in [0.5, 0.6) is 0 Å². The van der Waals surface area contributed by atoms with E-state index in [9.17, 15) is 4.79 Å². The Labute approximate surface area is 111 Å². The van der Waals surface area contributed by atoms with Crippen LogP contribution < -0.4 is 5.32 Å². The van der Waals surface area contributed by atoms with Gasteiger partial charge in [0.1, 0.15) is 0 Å². The molecular weight excluding hydrogens is 222 g/mol. The van der Waals surface area contributed by atoms with Gasteiger partial charge in [0, 0.05) is 6.04 Å². The molecule has 0 saturated heterocycles. The lowest BCUT2D eigenvalue weighted by atomic mass is 9.74. The predicted octanol–water partition coefficient (Wildman–Crippen LogP) is 3.82. The highest BCUT2D eigenvalue weighted by atomic mass is 16.1. The maximum atomic E-state index is 11.7. The van der Waals surface area contributed by atoms with Crippen molar-refractivity contribution >= 4 is 5.91 Å². The molecule has 1 amide bonds. The largest absolute Gasteiger partial charge is 0.349 e. The highest BCUT2D eigenvalue weighted by molar-refractivity contribution is 5.87. The van der Waals surface area contributed by atoms with E-state index < -0.39 is 0 Å². The molecular formula is C16H27NO. The highest BCUT2D eigenvalue weighted by Gasteiger charge is 2.31. The second-order valence-electron chi connectivity index (χ2n) is 6.03. The molecule has 0 bridgehead atoms. The number of hydrogen-bond acceptors (Lipinski definition) is 1. The van der Waals surface area contributed by atoms with E-state index >= 15 is 0 Å². The molecule has 2 aliphatic carbocycles. The predicted molar refractivity (Wildman–Crippen MR) is 75.3 cm³/mol. The average molecular weight is 249 g/mol. The van der Waals surface area contributed by atoms with Gasteiger partial charge in [-0.25, -0.2) is 0 Å². The molecule has 2 aliphatic rings. The molecule has 0 aromatic carbocycles. The summed E-state index contributed by atoms with van der Waals surface area (Å²) in [6, 6.07) is 0.413. The van der Waals surface area contributed by atoms with Crippen molar-refractivity contribution in [1.82, 2.24) is 5.32 Å². The van der Waals surface area contributed by atoms with Crippen LogP contribution in [0.3, 0.4) is 0 Å². The van der Waals surface area contributed by atoms with Crippen molar-refractivity contribution < 1.29 is 4.79 Å². The molecule has 1 N–H and O–H groups in total. The zero-order valence-corrected chi connectivity index (χ0v) is 11.5. The Bertz CT molecular complexity index is 257. The molecule has 2 rings (SSSR count). The number of hydrogen-bond donors (Lipinski definition) is 1. The summed E-state index contributed by atoms with van der Waals surface area (Å²) >= 11 is 0. The van der Waals surface area contributed by atoms with Gasteiger partial charge in [-0.2, -0.15) is 0 Å². The first-order valence-corrected chi connectivity index (χ1v) is 7.74. The van der Waals surface area contributed by atoms with Gasteiger partial charge in [-0.3, -0.25) is 4.79 Å². The van der Waals surface area contributed by atoms with Crippen molar-refractivity contribution in [2.45, 2.75) is 70.3 Å². The molecule has 2 heteroatoms. The molecule has 0 aromatic heterocycles. The second kappa shape index (κ2) is 6.96. The van der Waals surface area contributed by atoms with Crippen molar-refractivity contribution in [3.05, 3.63) is 12.7 Å². The second-order valence-corrected chi connectivity index (χ2v) is 6.03. The van der Waals surface area contributed by atoms with Crippen LogP contribution in [0.4, 0.5) is 0 Å². The van der Waals surface area contributed by atoms with Crippen LogP contribution in [0.1, 0.15) is 64.2 Å². The molecule has 0 radical (unpaired) electrons. The third-order valence-corrected chi connectivity index (χ3v) is 4.81. The molecule has 102 valence electrons. The Morgan fingerprint density at radius 2 is 1.39 bits per heavy atom. The van der Waals surface area contributed by atoms with Crippen LogP contribution in [0.25, 0.3) is 0 Å². The number of carbonyl (C=O) groups is 1. The van der Waals surface area contributed by atoms with Crippen LogP contribution >= 0.6 is 0 Å². The zero-order valence-electron chi connectivity index (χ0n) is 11.5. The highest BCUT2D eigenvalue weighted by Crippen LogP contribution is 2.35. The van der Waals surface area contributed by atoms with E-state index in [1.807, 2.05) is 0 Å². The van der Waals surface area contributed by atoms with E-state index in [0.29, 0.717) is 17.9 Å². The van der Waals surface area contributed by atoms with Crippen LogP contribution in [0.15, 0.2) is 12.7 Å². The molecule has 2 fully saturated rings. The molecule has 0 unspecified atom stereocenters. The lowest BCUT2D eigenvalue weighted by Gasteiger charge is -2.38. The number of carbonyl (C=O) groups excluding carboxylic acids is 1. The van der Waals surface area contributed by atoms with Gasteiger partial charge in [0.05, 0.1) is 0 Å². The van der Waals surface area contributed by atoms with E-state index in [-0.39, 0.29) is 5.91 Å². The average Bonchev–Trinajstić information content (AvgIpc) is 2.46. The fourth-order valence-electron chi connectivity index (χ4n) is 3.83. The van der Waals surface area contributed by atoms with Crippen LogP contribution in [0, 0.1) is 11.8 Å². The topological polar surface area (TPSA) is 29.1 Å². The minimum Gasteiger partial charge on any atom is -0.349 e. The molecule has 0 aliphatic heterocycles. The van der Waals surface area contributed by atoms with Gasteiger partial charge in [0.25, 0.3) is 0 Å². The zero-order chi connectivity index (χ0) is 12.8. The van der Waals surface area contributed by atoms with Crippen molar-refractivity contribution in [3.63, 3.8) is 0 Å². The third-order valence-electron chi connectivity index (χ3n) is 4.81. The van der Waals surface area contributed by atoms with Crippen LogP contribution in [-0.2, 0) is 4.79 Å². The Hall–Kier alpha value is -0.790. The van der Waals surface area contributed by atoms with Gasteiger partial charge in [0.15, 0.2) is 0 Å². The summed E-state index contributed by atoms with van der Waals surface area (Å²) in [4.78, 5) is 11.7. The molecule has 0 heterocycles. The molecule has 0 atom stereocenters. The van der Waals surface area contributed by atoms with Crippen molar-refractivity contribution in [3.8, 4) is 0 Å². The molecule has 2 saturated carbocycles. The van der Waals surface area contributed by atoms with E-state index in [0.717, 1.165) is 0 Å². The summed E-state index contributed by atoms with van der Waals surface area (Å²) in [5.41, 5.74) is 0. The quantitative estimate of drug-likeness (QED) is 0.754. The first-order chi connectivity index (χ1) is 8.81. The van der Waals surface area contributed by atoms with Gasteiger partial charge in [-0.1, -0.05) is 45.1 Å².